The third-order valence-corrected chi connectivity index (χ3v) is 4.77. The van der Waals surface area contributed by atoms with Crippen LogP contribution in [-0.2, 0) is 10.0 Å². The number of carbonyl (C=O) groups excluding carboxylic acids is 1. The molecule has 0 aromatic heterocycles. The number of nitrogens with one attached hydrogen (secondary N) is 1. The number of rotatable bonds is 4. The van der Waals surface area contributed by atoms with Gasteiger partial charge in [0.05, 0.1) is 12.0 Å². The van der Waals surface area contributed by atoms with E-state index >= 15 is 0 Å². The quantitative estimate of drug-likeness (QED) is 0.939. The smallest absolute Gasteiger partial charge is 0.265 e. The van der Waals surface area contributed by atoms with Crippen LogP contribution in [0.5, 0.6) is 5.75 Å². The molecule has 0 heterocycles. The van der Waals surface area contributed by atoms with E-state index in [1.54, 1.807) is 37.3 Å². The first kappa shape index (κ1) is 16.0. The summed E-state index contributed by atoms with van der Waals surface area (Å²) in [4.78, 5) is 12.3. The third-order valence-electron chi connectivity index (χ3n) is 3.28. The fourth-order valence-corrected chi connectivity index (χ4v) is 3.28. The Morgan fingerprint density at radius 1 is 1.05 bits per heavy atom. The second kappa shape index (κ2) is 6.19. The van der Waals surface area contributed by atoms with Gasteiger partial charge in [-0.25, -0.2) is 13.1 Å². The summed E-state index contributed by atoms with van der Waals surface area (Å²) in [7, 11) is -2.41. The van der Waals surface area contributed by atoms with E-state index in [2.05, 4.69) is 4.72 Å². The fourth-order valence-electron chi connectivity index (χ4n) is 2.06. The first-order valence-corrected chi connectivity index (χ1v) is 8.11. The van der Waals surface area contributed by atoms with Crippen LogP contribution in [0.1, 0.15) is 21.5 Å². The highest BCUT2D eigenvalue weighted by molar-refractivity contribution is 7.90. The van der Waals surface area contributed by atoms with Gasteiger partial charge in [-0.1, -0.05) is 24.3 Å². The largest absolute Gasteiger partial charge is 0.496 e. The van der Waals surface area contributed by atoms with Crippen molar-refractivity contribution in [2.24, 2.45) is 0 Å². The van der Waals surface area contributed by atoms with Gasteiger partial charge < -0.3 is 4.74 Å². The molecule has 0 spiro atoms. The lowest BCUT2D eigenvalue weighted by Crippen LogP contribution is -2.31. The van der Waals surface area contributed by atoms with E-state index in [0.29, 0.717) is 11.3 Å². The van der Waals surface area contributed by atoms with Gasteiger partial charge >= 0.3 is 0 Å². The lowest BCUT2D eigenvalue weighted by molar-refractivity contribution is 0.0981. The van der Waals surface area contributed by atoms with Crippen LogP contribution < -0.4 is 9.46 Å². The number of methoxy groups -OCH3 is 1. The summed E-state index contributed by atoms with van der Waals surface area (Å²) >= 11 is 0. The molecule has 2 aromatic carbocycles. The standard InChI is InChI=1S/C16H17NO4S/c1-11-8-9-13(10-14(11)21-3)16(18)17-22(19,20)15-7-5-4-6-12(15)2/h4-10H,1-3H3,(H,17,18). The monoisotopic (exact) mass is 319 g/mol. The molecule has 22 heavy (non-hydrogen) atoms. The molecule has 0 unspecified atom stereocenters. The molecule has 0 radical (unpaired) electrons. The Bertz CT molecular complexity index is 813. The molecular weight excluding hydrogens is 302 g/mol. The molecule has 5 nitrogen and oxygen atoms in total. The predicted octanol–water partition coefficient (Wildman–Crippen LogP) is 2.43. The molecule has 1 amide bonds. The number of sulfonamides is 1. The van der Waals surface area contributed by atoms with Crippen molar-refractivity contribution in [1.29, 1.82) is 0 Å². The molecule has 0 aliphatic rings. The zero-order chi connectivity index (χ0) is 16.3. The van der Waals surface area contributed by atoms with Crippen LogP contribution >= 0.6 is 0 Å². The maximum atomic E-state index is 12.3. The van der Waals surface area contributed by atoms with Crippen molar-refractivity contribution in [2.45, 2.75) is 18.7 Å². The maximum Gasteiger partial charge on any atom is 0.265 e. The number of hydrogen-bond donors (Lipinski definition) is 1. The van der Waals surface area contributed by atoms with E-state index in [4.69, 9.17) is 4.74 Å². The summed E-state index contributed by atoms with van der Waals surface area (Å²) in [6.07, 6.45) is 0. The van der Waals surface area contributed by atoms with Gasteiger partial charge in [0.1, 0.15) is 5.75 Å². The number of carbonyl (C=O) groups is 1. The average molecular weight is 319 g/mol. The molecule has 0 aliphatic heterocycles. The highest BCUT2D eigenvalue weighted by Crippen LogP contribution is 2.20. The Morgan fingerprint density at radius 2 is 1.73 bits per heavy atom. The highest BCUT2D eigenvalue weighted by Gasteiger charge is 2.20. The molecule has 0 saturated carbocycles. The number of aryl methyl sites for hydroxylation is 2. The second-order valence-corrected chi connectivity index (χ2v) is 6.54. The van der Waals surface area contributed by atoms with Crippen LogP contribution in [0, 0.1) is 13.8 Å². The van der Waals surface area contributed by atoms with Crippen molar-refractivity contribution in [3.63, 3.8) is 0 Å². The molecule has 116 valence electrons. The molecule has 0 saturated heterocycles. The van der Waals surface area contributed by atoms with Gasteiger partial charge in [0, 0.05) is 5.56 Å². The summed E-state index contributed by atoms with van der Waals surface area (Å²) in [5.41, 5.74) is 1.66. The Labute approximate surface area is 130 Å². The lowest BCUT2D eigenvalue weighted by Gasteiger charge is -2.10. The minimum atomic E-state index is -3.91. The number of amides is 1. The van der Waals surface area contributed by atoms with Crippen molar-refractivity contribution < 1.29 is 17.9 Å². The van der Waals surface area contributed by atoms with Crippen LogP contribution in [0.3, 0.4) is 0 Å². The summed E-state index contributed by atoms with van der Waals surface area (Å²) in [6, 6.07) is 11.3. The van der Waals surface area contributed by atoms with Crippen LogP contribution in [0.15, 0.2) is 47.4 Å². The van der Waals surface area contributed by atoms with Gasteiger partial charge in [-0.3, -0.25) is 4.79 Å². The summed E-state index contributed by atoms with van der Waals surface area (Å²) in [5.74, 6) is -0.164. The van der Waals surface area contributed by atoms with Crippen LogP contribution in [0.2, 0.25) is 0 Å². The molecular formula is C16H17NO4S. The zero-order valence-corrected chi connectivity index (χ0v) is 13.4. The van der Waals surface area contributed by atoms with Gasteiger partial charge in [-0.15, -0.1) is 0 Å². The highest BCUT2D eigenvalue weighted by atomic mass is 32.2. The average Bonchev–Trinajstić information content (AvgIpc) is 2.47. The van der Waals surface area contributed by atoms with Crippen molar-refractivity contribution in [3.05, 3.63) is 59.2 Å². The molecule has 2 aromatic rings. The maximum absolute atomic E-state index is 12.3. The van der Waals surface area contributed by atoms with Gasteiger partial charge in [0.25, 0.3) is 15.9 Å². The molecule has 0 fully saturated rings. The topological polar surface area (TPSA) is 72.5 Å². The van der Waals surface area contributed by atoms with Gasteiger partial charge in [0.15, 0.2) is 0 Å². The molecule has 1 N–H and O–H groups in total. The van der Waals surface area contributed by atoms with Crippen molar-refractivity contribution in [3.8, 4) is 5.75 Å². The number of ether oxygens (including phenoxy) is 1. The van der Waals surface area contributed by atoms with E-state index in [0.717, 1.165) is 5.56 Å². The summed E-state index contributed by atoms with van der Waals surface area (Å²) in [6.45, 7) is 3.51. The van der Waals surface area contributed by atoms with Crippen molar-refractivity contribution in [2.75, 3.05) is 7.11 Å². The minimum absolute atomic E-state index is 0.0856. The number of hydrogen-bond acceptors (Lipinski definition) is 4. The van der Waals surface area contributed by atoms with E-state index in [1.165, 1.54) is 19.2 Å². The van der Waals surface area contributed by atoms with Crippen molar-refractivity contribution >= 4 is 15.9 Å². The Balaban J connectivity index is 2.30. The molecule has 2 rings (SSSR count). The third kappa shape index (κ3) is 3.28. The second-order valence-electron chi connectivity index (χ2n) is 4.88. The van der Waals surface area contributed by atoms with Crippen LogP contribution in [0.25, 0.3) is 0 Å². The SMILES string of the molecule is COc1cc(C(=O)NS(=O)(=O)c2ccccc2C)ccc1C. The summed E-state index contributed by atoms with van der Waals surface area (Å²) in [5, 5.41) is 0. The van der Waals surface area contributed by atoms with E-state index < -0.39 is 15.9 Å². The van der Waals surface area contributed by atoms with E-state index in [9.17, 15) is 13.2 Å². The number of benzene rings is 2. The lowest BCUT2D eigenvalue weighted by atomic mass is 10.1. The predicted molar refractivity (Wildman–Crippen MR) is 83.6 cm³/mol. The Morgan fingerprint density at radius 3 is 2.36 bits per heavy atom. The fraction of sp³-hybridized carbons (Fsp3) is 0.188. The first-order chi connectivity index (χ1) is 10.3. The normalized spacial score (nSPS) is 11.0. The molecule has 0 aliphatic carbocycles. The minimum Gasteiger partial charge on any atom is -0.496 e. The molecule has 0 atom stereocenters. The Hall–Kier alpha value is -2.34. The van der Waals surface area contributed by atoms with Gasteiger partial charge in [-0.2, -0.15) is 0 Å². The zero-order valence-electron chi connectivity index (χ0n) is 12.6. The van der Waals surface area contributed by atoms with Gasteiger partial charge in [0.2, 0.25) is 0 Å². The summed E-state index contributed by atoms with van der Waals surface area (Å²) < 4.78 is 31.8. The van der Waals surface area contributed by atoms with Gasteiger partial charge in [-0.05, 0) is 43.2 Å². The van der Waals surface area contributed by atoms with Crippen LogP contribution in [-0.4, -0.2) is 21.4 Å². The Kier molecular flexibility index (Phi) is 4.51. The van der Waals surface area contributed by atoms with Crippen LogP contribution in [0.4, 0.5) is 0 Å². The molecule has 0 bridgehead atoms. The molecule has 6 heteroatoms. The van der Waals surface area contributed by atoms with E-state index in [1.807, 2.05) is 6.92 Å². The van der Waals surface area contributed by atoms with Crippen molar-refractivity contribution in [1.82, 2.24) is 4.72 Å². The van der Waals surface area contributed by atoms with E-state index in [-0.39, 0.29) is 10.5 Å². The first-order valence-electron chi connectivity index (χ1n) is 6.62.